The van der Waals surface area contributed by atoms with E-state index in [2.05, 4.69) is 15.3 Å². The quantitative estimate of drug-likeness (QED) is 0.674. The summed E-state index contributed by atoms with van der Waals surface area (Å²) in [6.07, 6.45) is 4.63. The summed E-state index contributed by atoms with van der Waals surface area (Å²) in [5, 5.41) is 8.01. The van der Waals surface area contributed by atoms with E-state index in [1.807, 2.05) is 52.0 Å². The minimum Gasteiger partial charge on any atom is -0.489 e. The van der Waals surface area contributed by atoms with Gasteiger partial charge in [0.25, 0.3) is 0 Å². The number of carbonyl (C=O) groups excluding carboxylic acids is 1. The van der Waals surface area contributed by atoms with Gasteiger partial charge < -0.3 is 19.9 Å². The molecule has 2 aromatic heterocycles. The molecule has 32 heavy (non-hydrogen) atoms. The Hall–Kier alpha value is -3.13. The molecule has 6 rings (SSSR count). The standard InChI is InChI=1S/C24H28N6O2/c31-24(28-13-9-19(16-28)32-18-4-2-1-3-5-18)17-14-29(15-17)23-20-6-10-25-11-7-21(20)27-22-8-12-26-30(22)23/h1-5,8,12,17,19,25H,6-7,9-11,13-16H2/t19-/m0/s1. The maximum atomic E-state index is 13.2. The molecule has 3 aliphatic rings. The number of aromatic nitrogens is 3. The van der Waals surface area contributed by atoms with Crippen LogP contribution in [0.15, 0.2) is 42.6 Å². The second-order valence-corrected chi connectivity index (χ2v) is 8.94. The van der Waals surface area contributed by atoms with E-state index in [0.29, 0.717) is 6.54 Å². The first-order valence-corrected chi connectivity index (χ1v) is 11.6. The second-order valence-electron chi connectivity index (χ2n) is 8.94. The minimum atomic E-state index is 0.0313. The van der Waals surface area contributed by atoms with Crippen molar-refractivity contribution in [1.82, 2.24) is 24.8 Å². The highest BCUT2D eigenvalue weighted by molar-refractivity contribution is 5.82. The zero-order valence-corrected chi connectivity index (χ0v) is 18.1. The molecular weight excluding hydrogens is 404 g/mol. The van der Waals surface area contributed by atoms with Gasteiger partial charge in [-0.2, -0.15) is 9.61 Å². The van der Waals surface area contributed by atoms with Crippen LogP contribution in [-0.2, 0) is 17.6 Å². The molecule has 8 nitrogen and oxygen atoms in total. The van der Waals surface area contributed by atoms with Crippen LogP contribution in [0.4, 0.5) is 5.82 Å². The van der Waals surface area contributed by atoms with Gasteiger partial charge in [0.2, 0.25) is 5.91 Å². The maximum absolute atomic E-state index is 13.2. The number of para-hydroxylation sites is 1. The van der Waals surface area contributed by atoms with Crippen molar-refractivity contribution < 1.29 is 9.53 Å². The van der Waals surface area contributed by atoms with Gasteiger partial charge in [-0.1, -0.05) is 18.2 Å². The molecule has 0 bridgehead atoms. The Balaban J connectivity index is 1.14. The fourth-order valence-corrected chi connectivity index (χ4v) is 5.12. The molecule has 166 valence electrons. The predicted molar refractivity (Wildman–Crippen MR) is 121 cm³/mol. The smallest absolute Gasteiger partial charge is 0.229 e. The molecule has 3 aromatic rings. The molecule has 5 heterocycles. The maximum Gasteiger partial charge on any atom is 0.229 e. The van der Waals surface area contributed by atoms with Crippen molar-refractivity contribution in [2.45, 2.75) is 25.4 Å². The van der Waals surface area contributed by atoms with E-state index in [0.717, 1.165) is 74.9 Å². The summed E-state index contributed by atoms with van der Waals surface area (Å²) >= 11 is 0. The Labute approximate surface area is 187 Å². The van der Waals surface area contributed by atoms with Crippen molar-refractivity contribution >= 4 is 17.4 Å². The van der Waals surface area contributed by atoms with Crippen LogP contribution in [0.3, 0.4) is 0 Å². The molecule has 3 aliphatic heterocycles. The molecule has 2 saturated heterocycles. The Kier molecular flexibility index (Phi) is 4.94. The molecule has 1 amide bonds. The highest BCUT2D eigenvalue weighted by Crippen LogP contribution is 2.32. The van der Waals surface area contributed by atoms with Gasteiger partial charge in [-0.3, -0.25) is 4.79 Å². The fourth-order valence-electron chi connectivity index (χ4n) is 5.12. The van der Waals surface area contributed by atoms with Crippen LogP contribution in [0.1, 0.15) is 17.7 Å². The molecule has 0 spiro atoms. The van der Waals surface area contributed by atoms with Crippen molar-refractivity contribution in [3.05, 3.63) is 53.9 Å². The van der Waals surface area contributed by atoms with Gasteiger partial charge >= 0.3 is 0 Å². The molecule has 1 aromatic carbocycles. The van der Waals surface area contributed by atoms with Gasteiger partial charge in [0.05, 0.1) is 24.4 Å². The number of nitrogens with one attached hydrogen (secondary N) is 1. The van der Waals surface area contributed by atoms with Gasteiger partial charge in [-0.25, -0.2) is 4.98 Å². The monoisotopic (exact) mass is 432 g/mol. The first kappa shape index (κ1) is 19.5. The van der Waals surface area contributed by atoms with Gasteiger partial charge in [-0.05, 0) is 25.1 Å². The second kappa shape index (κ2) is 8.09. The summed E-state index contributed by atoms with van der Waals surface area (Å²) in [7, 11) is 0. The molecule has 2 fully saturated rings. The first-order valence-electron chi connectivity index (χ1n) is 11.6. The lowest BCUT2D eigenvalue weighted by molar-refractivity contribution is -0.135. The zero-order valence-electron chi connectivity index (χ0n) is 18.1. The number of nitrogens with zero attached hydrogens (tertiary/aromatic N) is 5. The molecule has 1 atom stereocenters. The van der Waals surface area contributed by atoms with E-state index < -0.39 is 0 Å². The van der Waals surface area contributed by atoms with Crippen LogP contribution in [0.5, 0.6) is 5.75 Å². The Morgan fingerprint density at radius 2 is 1.91 bits per heavy atom. The lowest BCUT2D eigenvalue weighted by Gasteiger charge is -2.42. The van der Waals surface area contributed by atoms with E-state index in [9.17, 15) is 4.79 Å². The van der Waals surface area contributed by atoms with Gasteiger partial charge in [-0.15, -0.1) is 0 Å². The third-order valence-corrected chi connectivity index (χ3v) is 6.81. The summed E-state index contributed by atoms with van der Waals surface area (Å²) in [5.74, 6) is 2.27. The third kappa shape index (κ3) is 3.48. The molecule has 1 N–H and O–H groups in total. The summed E-state index contributed by atoms with van der Waals surface area (Å²) in [6, 6.07) is 11.8. The summed E-state index contributed by atoms with van der Waals surface area (Å²) in [4.78, 5) is 22.3. The molecule has 0 saturated carbocycles. The third-order valence-electron chi connectivity index (χ3n) is 6.81. The highest BCUT2D eigenvalue weighted by Gasteiger charge is 2.40. The van der Waals surface area contributed by atoms with E-state index >= 15 is 0 Å². The van der Waals surface area contributed by atoms with Crippen LogP contribution in [0.2, 0.25) is 0 Å². The zero-order chi connectivity index (χ0) is 21.5. The number of rotatable bonds is 4. The Bertz CT molecular complexity index is 1120. The number of fused-ring (bicyclic) bond motifs is 2. The van der Waals surface area contributed by atoms with E-state index in [1.165, 1.54) is 5.56 Å². The molecule has 0 unspecified atom stereocenters. The van der Waals surface area contributed by atoms with Crippen LogP contribution < -0.4 is 15.0 Å². The van der Waals surface area contributed by atoms with Crippen LogP contribution in [-0.4, -0.2) is 70.8 Å². The molecule has 0 radical (unpaired) electrons. The highest BCUT2D eigenvalue weighted by atomic mass is 16.5. The number of ether oxygens (including phenoxy) is 1. The van der Waals surface area contributed by atoms with Crippen molar-refractivity contribution in [3.8, 4) is 5.75 Å². The number of likely N-dealkylation sites (tertiary alicyclic amines) is 1. The van der Waals surface area contributed by atoms with Gasteiger partial charge in [0.1, 0.15) is 17.7 Å². The molecule has 8 heteroatoms. The van der Waals surface area contributed by atoms with Gasteiger partial charge in [0, 0.05) is 50.7 Å². The van der Waals surface area contributed by atoms with E-state index in [4.69, 9.17) is 9.72 Å². The Morgan fingerprint density at radius 1 is 1.06 bits per heavy atom. The number of hydrogen-bond acceptors (Lipinski definition) is 6. The number of carbonyl (C=O) groups is 1. The van der Waals surface area contributed by atoms with Crippen molar-refractivity contribution in [1.29, 1.82) is 0 Å². The van der Waals surface area contributed by atoms with Crippen LogP contribution in [0.25, 0.3) is 5.65 Å². The van der Waals surface area contributed by atoms with Gasteiger partial charge in [0.15, 0.2) is 5.65 Å². The predicted octanol–water partition coefficient (Wildman–Crippen LogP) is 1.53. The average Bonchev–Trinajstić information content (AvgIpc) is 3.37. The fraction of sp³-hybridized carbons (Fsp3) is 0.458. The lowest BCUT2D eigenvalue weighted by Crippen LogP contribution is -2.55. The number of benzene rings is 1. The van der Waals surface area contributed by atoms with E-state index in [1.54, 1.807) is 0 Å². The summed E-state index contributed by atoms with van der Waals surface area (Å²) in [5.41, 5.74) is 3.32. The summed E-state index contributed by atoms with van der Waals surface area (Å²) < 4.78 is 8.01. The molecule has 0 aliphatic carbocycles. The van der Waals surface area contributed by atoms with Crippen LogP contribution >= 0.6 is 0 Å². The lowest BCUT2D eigenvalue weighted by atomic mass is 9.97. The largest absolute Gasteiger partial charge is 0.489 e. The van der Waals surface area contributed by atoms with Crippen molar-refractivity contribution in [2.75, 3.05) is 44.2 Å². The SMILES string of the molecule is O=C(C1CN(c2c3c(nc4ccnn24)CCNCC3)C1)N1CC[C@H](Oc2ccccc2)C1. The first-order chi connectivity index (χ1) is 15.8. The molecular formula is C24H28N6O2. The van der Waals surface area contributed by atoms with Crippen molar-refractivity contribution in [2.24, 2.45) is 5.92 Å². The van der Waals surface area contributed by atoms with Crippen molar-refractivity contribution in [3.63, 3.8) is 0 Å². The Morgan fingerprint density at radius 3 is 2.78 bits per heavy atom. The number of anilines is 1. The number of amides is 1. The summed E-state index contributed by atoms with van der Waals surface area (Å²) in [6.45, 7) is 4.81. The topological polar surface area (TPSA) is 75.0 Å². The number of hydrogen-bond donors (Lipinski definition) is 1. The van der Waals surface area contributed by atoms with Crippen LogP contribution in [0, 0.1) is 5.92 Å². The minimum absolute atomic E-state index is 0.0313. The van der Waals surface area contributed by atoms with E-state index in [-0.39, 0.29) is 17.9 Å². The normalized spacial score (nSPS) is 21.3. The average molecular weight is 433 g/mol.